The summed E-state index contributed by atoms with van der Waals surface area (Å²) in [4.78, 5) is 25.4. The van der Waals surface area contributed by atoms with Crippen LogP contribution in [-0.4, -0.2) is 42.9 Å². The molecule has 5 heteroatoms. The minimum atomic E-state index is -0.0213. The first kappa shape index (κ1) is 15.5. The van der Waals surface area contributed by atoms with Gasteiger partial charge in [0.15, 0.2) is 0 Å². The highest BCUT2D eigenvalue weighted by Gasteiger charge is 2.20. The van der Waals surface area contributed by atoms with E-state index in [1.54, 1.807) is 0 Å². The summed E-state index contributed by atoms with van der Waals surface area (Å²) >= 11 is 0. The minimum absolute atomic E-state index is 0.0118. The van der Waals surface area contributed by atoms with E-state index in [1.807, 2.05) is 35.2 Å². The van der Waals surface area contributed by atoms with Crippen LogP contribution in [0.3, 0.4) is 0 Å². The third-order valence-electron chi connectivity index (χ3n) is 3.60. The van der Waals surface area contributed by atoms with Gasteiger partial charge in [-0.15, -0.1) is 0 Å². The molecule has 1 atom stereocenters. The summed E-state index contributed by atoms with van der Waals surface area (Å²) in [5.74, 6) is -0.0331. The van der Waals surface area contributed by atoms with E-state index < -0.39 is 0 Å². The summed E-state index contributed by atoms with van der Waals surface area (Å²) in [6, 6.07) is 10.1. The quantitative estimate of drug-likeness (QED) is 0.823. The summed E-state index contributed by atoms with van der Waals surface area (Å²) in [5, 5.41) is 5.84. The fourth-order valence-corrected chi connectivity index (χ4v) is 2.57. The van der Waals surface area contributed by atoms with Gasteiger partial charge in [-0.2, -0.15) is 0 Å². The molecule has 0 spiro atoms. The molecule has 1 aliphatic heterocycles. The molecule has 0 saturated carbocycles. The van der Waals surface area contributed by atoms with E-state index in [-0.39, 0.29) is 24.4 Å². The molecule has 1 unspecified atom stereocenters. The third-order valence-corrected chi connectivity index (χ3v) is 3.60. The molecule has 21 heavy (non-hydrogen) atoms. The molecule has 0 radical (unpaired) electrons. The highest BCUT2D eigenvalue weighted by molar-refractivity contribution is 5.82. The van der Waals surface area contributed by atoms with E-state index in [9.17, 15) is 9.59 Å². The zero-order valence-corrected chi connectivity index (χ0v) is 12.5. The molecule has 1 aromatic carbocycles. The molecule has 1 fully saturated rings. The maximum atomic E-state index is 12.2. The van der Waals surface area contributed by atoms with Gasteiger partial charge in [0.05, 0.1) is 19.1 Å². The second kappa shape index (κ2) is 7.78. The average molecular weight is 289 g/mol. The first-order valence-electron chi connectivity index (χ1n) is 7.52. The van der Waals surface area contributed by atoms with Crippen molar-refractivity contribution in [3.05, 3.63) is 35.9 Å². The van der Waals surface area contributed by atoms with Crippen molar-refractivity contribution < 1.29 is 9.59 Å². The number of amides is 2. The normalized spacial score (nSPS) is 17.1. The number of hydrogen-bond acceptors (Lipinski definition) is 3. The monoisotopic (exact) mass is 289 g/mol. The van der Waals surface area contributed by atoms with Gasteiger partial charge >= 0.3 is 0 Å². The number of carbonyl (C=O) groups excluding carboxylic acids is 2. The Labute approximate surface area is 125 Å². The smallest absolute Gasteiger partial charge is 0.234 e. The van der Waals surface area contributed by atoms with E-state index in [1.165, 1.54) is 0 Å². The summed E-state index contributed by atoms with van der Waals surface area (Å²) in [6.07, 6.45) is 1.92. The molecular formula is C16H23N3O2. The number of rotatable bonds is 6. The molecule has 2 rings (SSSR count). The van der Waals surface area contributed by atoms with Crippen molar-refractivity contribution >= 4 is 11.8 Å². The molecule has 1 aliphatic rings. The molecule has 0 aliphatic carbocycles. The number of nitrogens with one attached hydrogen (secondary N) is 2. The summed E-state index contributed by atoms with van der Waals surface area (Å²) in [6.45, 7) is 4.03. The highest BCUT2D eigenvalue weighted by Crippen LogP contribution is 2.17. The lowest BCUT2D eigenvalue weighted by molar-refractivity contribution is -0.127. The summed E-state index contributed by atoms with van der Waals surface area (Å²) < 4.78 is 0. The van der Waals surface area contributed by atoms with Gasteiger partial charge in [-0.1, -0.05) is 43.7 Å². The Hall–Kier alpha value is -1.88. The number of nitrogens with zero attached hydrogens (tertiary/aromatic N) is 1. The highest BCUT2D eigenvalue weighted by atomic mass is 16.2. The van der Waals surface area contributed by atoms with Crippen LogP contribution in [0, 0.1) is 0 Å². The Balaban J connectivity index is 1.90. The maximum absolute atomic E-state index is 12.2. The fourth-order valence-electron chi connectivity index (χ4n) is 2.57. The van der Waals surface area contributed by atoms with Crippen molar-refractivity contribution in [3.8, 4) is 0 Å². The zero-order valence-electron chi connectivity index (χ0n) is 12.5. The van der Waals surface area contributed by atoms with Crippen LogP contribution in [0.4, 0.5) is 0 Å². The lowest BCUT2D eigenvalue weighted by Crippen LogP contribution is -2.50. The van der Waals surface area contributed by atoms with Crippen LogP contribution in [0.25, 0.3) is 0 Å². The van der Waals surface area contributed by atoms with Gasteiger partial charge in [0.1, 0.15) is 0 Å². The third kappa shape index (κ3) is 4.86. The second-order valence-electron chi connectivity index (χ2n) is 5.38. The molecule has 5 nitrogen and oxygen atoms in total. The van der Waals surface area contributed by atoms with Gasteiger partial charge < -0.3 is 10.6 Å². The SMILES string of the molecule is CCCC(NC(=O)CN1CCNC(=O)C1)c1ccccc1. The molecule has 114 valence electrons. The largest absolute Gasteiger partial charge is 0.354 e. The lowest BCUT2D eigenvalue weighted by Gasteiger charge is -2.27. The molecule has 0 bridgehead atoms. The Morgan fingerprint density at radius 3 is 2.81 bits per heavy atom. The van der Waals surface area contributed by atoms with Crippen molar-refractivity contribution in [2.24, 2.45) is 0 Å². The van der Waals surface area contributed by atoms with Gasteiger partial charge in [0.25, 0.3) is 0 Å². The first-order valence-corrected chi connectivity index (χ1v) is 7.52. The van der Waals surface area contributed by atoms with Gasteiger partial charge in [-0.25, -0.2) is 0 Å². The van der Waals surface area contributed by atoms with Crippen LogP contribution in [0.15, 0.2) is 30.3 Å². The number of carbonyl (C=O) groups is 2. The van der Waals surface area contributed by atoms with Crippen LogP contribution in [0.2, 0.25) is 0 Å². The van der Waals surface area contributed by atoms with Gasteiger partial charge in [-0.05, 0) is 12.0 Å². The molecule has 1 aromatic rings. The summed E-state index contributed by atoms with van der Waals surface area (Å²) in [5.41, 5.74) is 1.13. The van der Waals surface area contributed by atoms with Crippen molar-refractivity contribution in [1.29, 1.82) is 0 Å². The lowest BCUT2D eigenvalue weighted by atomic mass is 10.0. The van der Waals surface area contributed by atoms with Crippen LogP contribution >= 0.6 is 0 Å². The van der Waals surface area contributed by atoms with Crippen LogP contribution < -0.4 is 10.6 Å². The second-order valence-corrected chi connectivity index (χ2v) is 5.38. The van der Waals surface area contributed by atoms with E-state index in [2.05, 4.69) is 17.6 Å². The van der Waals surface area contributed by atoms with Crippen LogP contribution in [0.1, 0.15) is 31.4 Å². The Morgan fingerprint density at radius 1 is 1.38 bits per heavy atom. The predicted molar refractivity (Wildman–Crippen MR) is 81.7 cm³/mol. The van der Waals surface area contributed by atoms with Crippen molar-refractivity contribution in [2.75, 3.05) is 26.2 Å². The van der Waals surface area contributed by atoms with Crippen molar-refractivity contribution in [2.45, 2.75) is 25.8 Å². The topological polar surface area (TPSA) is 61.4 Å². The Morgan fingerprint density at radius 2 is 2.14 bits per heavy atom. The number of piperazine rings is 1. The Bertz CT molecular complexity index is 476. The molecule has 2 amide bonds. The van der Waals surface area contributed by atoms with E-state index >= 15 is 0 Å². The minimum Gasteiger partial charge on any atom is -0.354 e. The van der Waals surface area contributed by atoms with E-state index in [0.717, 1.165) is 24.9 Å². The van der Waals surface area contributed by atoms with Gasteiger partial charge in [-0.3, -0.25) is 14.5 Å². The molecule has 0 aromatic heterocycles. The molecule has 2 N–H and O–H groups in total. The molecular weight excluding hydrogens is 266 g/mol. The predicted octanol–water partition coefficient (Wildman–Crippen LogP) is 1.08. The average Bonchev–Trinajstić information content (AvgIpc) is 2.47. The van der Waals surface area contributed by atoms with Gasteiger partial charge in [0.2, 0.25) is 11.8 Å². The van der Waals surface area contributed by atoms with Crippen molar-refractivity contribution in [1.82, 2.24) is 15.5 Å². The zero-order chi connectivity index (χ0) is 15.1. The first-order chi connectivity index (χ1) is 10.2. The Kier molecular flexibility index (Phi) is 5.75. The van der Waals surface area contributed by atoms with Crippen LogP contribution in [0.5, 0.6) is 0 Å². The summed E-state index contributed by atoms with van der Waals surface area (Å²) in [7, 11) is 0. The van der Waals surface area contributed by atoms with Crippen molar-refractivity contribution in [3.63, 3.8) is 0 Å². The number of hydrogen-bond donors (Lipinski definition) is 2. The van der Waals surface area contributed by atoms with Gasteiger partial charge in [0, 0.05) is 13.1 Å². The van der Waals surface area contributed by atoms with E-state index in [4.69, 9.17) is 0 Å². The fraction of sp³-hybridized carbons (Fsp3) is 0.500. The molecule has 1 saturated heterocycles. The molecule has 1 heterocycles. The maximum Gasteiger partial charge on any atom is 0.234 e. The standard InChI is InChI=1S/C16H23N3O2/c1-2-6-14(13-7-4-3-5-8-13)18-16(21)12-19-10-9-17-15(20)11-19/h3-5,7-8,14H,2,6,9-12H2,1H3,(H,17,20)(H,18,21). The van der Waals surface area contributed by atoms with Crippen LogP contribution in [-0.2, 0) is 9.59 Å². The van der Waals surface area contributed by atoms with E-state index in [0.29, 0.717) is 13.1 Å². The number of benzene rings is 1.